The third kappa shape index (κ3) is 5.64. The third-order valence-electron chi connectivity index (χ3n) is 3.70. The molecule has 0 aliphatic rings. The molecule has 0 aliphatic carbocycles. The molecule has 128 valence electrons. The summed E-state index contributed by atoms with van der Waals surface area (Å²) in [5.41, 5.74) is 3.19. The van der Waals surface area contributed by atoms with Gasteiger partial charge in [-0.05, 0) is 41.7 Å². The number of benzene rings is 2. The van der Waals surface area contributed by atoms with Gasteiger partial charge in [0.1, 0.15) is 6.79 Å². The van der Waals surface area contributed by atoms with Crippen molar-refractivity contribution >= 4 is 17.6 Å². The van der Waals surface area contributed by atoms with Crippen molar-refractivity contribution in [1.29, 1.82) is 0 Å². The molecule has 0 heterocycles. The Morgan fingerprint density at radius 1 is 1.08 bits per heavy atom. The van der Waals surface area contributed by atoms with E-state index in [2.05, 4.69) is 0 Å². The van der Waals surface area contributed by atoms with Gasteiger partial charge in [0.05, 0.1) is 6.10 Å². The summed E-state index contributed by atoms with van der Waals surface area (Å²) in [6.45, 7) is 0.177. The van der Waals surface area contributed by atoms with Crippen molar-refractivity contribution in [1.82, 2.24) is 0 Å². The Hall–Kier alpha value is -1.88. The Morgan fingerprint density at radius 2 is 1.67 bits per heavy atom. The number of carbonyl (C=O) groups is 1. The van der Waals surface area contributed by atoms with Gasteiger partial charge in [0.2, 0.25) is 0 Å². The lowest BCUT2D eigenvalue weighted by Crippen LogP contribution is -2.08. The van der Waals surface area contributed by atoms with E-state index in [1.165, 1.54) is 0 Å². The number of methoxy groups -OCH3 is 1. The fourth-order valence-electron chi connectivity index (χ4n) is 2.47. The van der Waals surface area contributed by atoms with E-state index in [9.17, 15) is 4.79 Å². The molecule has 0 saturated heterocycles. The van der Waals surface area contributed by atoms with Crippen molar-refractivity contribution in [2.45, 2.75) is 25.4 Å². The van der Waals surface area contributed by atoms with Crippen molar-refractivity contribution in [3.63, 3.8) is 0 Å². The van der Waals surface area contributed by atoms with E-state index in [0.29, 0.717) is 17.9 Å². The van der Waals surface area contributed by atoms with Crippen molar-refractivity contribution in [3.05, 3.63) is 59.1 Å². The van der Waals surface area contributed by atoms with Gasteiger partial charge in [-0.3, -0.25) is 4.79 Å². The van der Waals surface area contributed by atoms with Crippen LogP contribution in [0.4, 0.5) is 0 Å². The topological polar surface area (TPSA) is 55.8 Å². The zero-order chi connectivity index (χ0) is 17.4. The molecule has 4 nitrogen and oxygen atoms in total. The quantitative estimate of drug-likeness (QED) is 0.653. The van der Waals surface area contributed by atoms with Crippen LogP contribution in [-0.2, 0) is 14.3 Å². The molecule has 0 aromatic heterocycles. The number of ether oxygens (including phenoxy) is 2. The van der Waals surface area contributed by atoms with E-state index in [0.717, 1.165) is 16.7 Å². The number of rotatable bonds is 9. The first-order chi connectivity index (χ1) is 11.6. The lowest BCUT2D eigenvalue weighted by Gasteiger charge is -2.18. The predicted octanol–water partition coefficient (Wildman–Crippen LogP) is 4.92. The number of carboxylic acids is 1. The summed E-state index contributed by atoms with van der Waals surface area (Å²) in [6, 6.07) is 15.7. The minimum atomic E-state index is -0.793. The molecule has 24 heavy (non-hydrogen) atoms. The van der Waals surface area contributed by atoms with Gasteiger partial charge in [-0.2, -0.15) is 0 Å². The number of carboxylic acid groups (broad SMARTS) is 1. The van der Waals surface area contributed by atoms with Crippen LogP contribution in [0.2, 0.25) is 5.02 Å². The number of hydrogen-bond donors (Lipinski definition) is 1. The lowest BCUT2D eigenvalue weighted by atomic mass is 9.99. The fourth-order valence-corrected chi connectivity index (χ4v) is 2.59. The summed E-state index contributed by atoms with van der Waals surface area (Å²) in [6.07, 6.45) is 1.15. The zero-order valence-corrected chi connectivity index (χ0v) is 14.3. The highest BCUT2D eigenvalue weighted by atomic mass is 35.5. The van der Waals surface area contributed by atoms with Crippen LogP contribution >= 0.6 is 11.6 Å². The monoisotopic (exact) mass is 348 g/mol. The fraction of sp³-hybridized carbons (Fsp3) is 0.316. The van der Waals surface area contributed by atoms with E-state index < -0.39 is 5.97 Å². The molecule has 0 amide bonds. The van der Waals surface area contributed by atoms with Crippen LogP contribution in [0.25, 0.3) is 11.1 Å². The molecule has 5 heteroatoms. The van der Waals surface area contributed by atoms with Gasteiger partial charge in [-0.15, -0.1) is 0 Å². The van der Waals surface area contributed by atoms with E-state index in [1.54, 1.807) is 7.11 Å². The largest absolute Gasteiger partial charge is 0.481 e. The van der Waals surface area contributed by atoms with Gasteiger partial charge in [0.25, 0.3) is 0 Å². The summed E-state index contributed by atoms with van der Waals surface area (Å²) < 4.78 is 10.7. The Bertz CT molecular complexity index is 637. The third-order valence-corrected chi connectivity index (χ3v) is 3.96. The normalized spacial score (nSPS) is 12.1. The molecule has 1 atom stereocenters. The molecule has 2 aromatic carbocycles. The molecule has 0 spiro atoms. The Labute approximate surface area is 147 Å². The molecule has 0 radical (unpaired) electrons. The van der Waals surface area contributed by atoms with E-state index >= 15 is 0 Å². The number of halogens is 1. The first kappa shape index (κ1) is 18.5. The average Bonchev–Trinajstić information content (AvgIpc) is 2.58. The predicted molar refractivity (Wildman–Crippen MR) is 94.1 cm³/mol. The first-order valence-corrected chi connectivity index (χ1v) is 8.16. The van der Waals surface area contributed by atoms with Crippen molar-refractivity contribution in [3.8, 4) is 11.1 Å². The van der Waals surface area contributed by atoms with Crippen molar-refractivity contribution in [2.75, 3.05) is 13.9 Å². The molecular weight excluding hydrogens is 328 g/mol. The van der Waals surface area contributed by atoms with Gasteiger partial charge >= 0.3 is 5.97 Å². The molecule has 0 fully saturated rings. The maximum absolute atomic E-state index is 10.7. The second kappa shape index (κ2) is 9.42. The van der Waals surface area contributed by atoms with Crippen molar-refractivity contribution in [2.24, 2.45) is 0 Å². The Balaban J connectivity index is 2.08. The Kier molecular flexibility index (Phi) is 7.25. The molecule has 1 N–H and O–H groups in total. The standard InChI is InChI=1S/C19H21ClO4/c1-23-13-24-18(3-2-4-19(21)22)16-7-5-14(6-8-16)15-9-11-17(20)12-10-15/h5-12,18H,2-4,13H2,1H3,(H,21,22). The highest BCUT2D eigenvalue weighted by Gasteiger charge is 2.13. The summed E-state index contributed by atoms with van der Waals surface area (Å²) >= 11 is 5.91. The SMILES string of the molecule is COCOC(CCCC(=O)O)c1ccc(-c2ccc(Cl)cc2)cc1. The van der Waals surface area contributed by atoms with Crippen LogP contribution in [0.3, 0.4) is 0 Å². The van der Waals surface area contributed by atoms with Gasteiger partial charge in [0, 0.05) is 18.6 Å². The summed E-state index contributed by atoms with van der Waals surface area (Å²) in [4.78, 5) is 10.7. The molecule has 2 rings (SSSR count). The lowest BCUT2D eigenvalue weighted by molar-refractivity contribution is -0.137. The molecular formula is C19H21ClO4. The van der Waals surface area contributed by atoms with Crippen LogP contribution in [0.15, 0.2) is 48.5 Å². The van der Waals surface area contributed by atoms with Gasteiger partial charge in [0.15, 0.2) is 0 Å². The number of hydrogen-bond acceptors (Lipinski definition) is 3. The van der Waals surface area contributed by atoms with E-state index in [4.69, 9.17) is 26.2 Å². The van der Waals surface area contributed by atoms with Crippen LogP contribution in [0, 0.1) is 0 Å². The van der Waals surface area contributed by atoms with Crippen LogP contribution < -0.4 is 0 Å². The highest BCUT2D eigenvalue weighted by Crippen LogP contribution is 2.27. The van der Waals surface area contributed by atoms with Gasteiger partial charge in [-0.1, -0.05) is 48.0 Å². The smallest absolute Gasteiger partial charge is 0.303 e. The zero-order valence-electron chi connectivity index (χ0n) is 13.6. The minimum Gasteiger partial charge on any atom is -0.481 e. The molecule has 0 aliphatic heterocycles. The Morgan fingerprint density at radius 3 is 2.21 bits per heavy atom. The second-order valence-corrected chi connectivity index (χ2v) is 5.91. The first-order valence-electron chi connectivity index (χ1n) is 7.78. The van der Waals surface area contributed by atoms with Crippen molar-refractivity contribution < 1.29 is 19.4 Å². The molecule has 1 unspecified atom stereocenters. The van der Waals surface area contributed by atoms with E-state index in [1.807, 2.05) is 48.5 Å². The highest BCUT2D eigenvalue weighted by molar-refractivity contribution is 6.30. The van der Waals surface area contributed by atoms with Crippen LogP contribution in [0.1, 0.15) is 30.9 Å². The summed E-state index contributed by atoms with van der Waals surface area (Å²) in [7, 11) is 1.57. The van der Waals surface area contributed by atoms with Gasteiger partial charge in [-0.25, -0.2) is 0 Å². The van der Waals surface area contributed by atoms with Gasteiger partial charge < -0.3 is 14.6 Å². The number of aliphatic carboxylic acids is 1. The maximum Gasteiger partial charge on any atom is 0.303 e. The minimum absolute atomic E-state index is 0.135. The summed E-state index contributed by atoms with van der Waals surface area (Å²) in [5.74, 6) is -0.793. The summed E-state index contributed by atoms with van der Waals surface area (Å²) in [5, 5.41) is 9.49. The second-order valence-electron chi connectivity index (χ2n) is 5.48. The average molecular weight is 349 g/mol. The van der Waals surface area contributed by atoms with E-state index in [-0.39, 0.29) is 19.3 Å². The molecule has 2 aromatic rings. The maximum atomic E-state index is 10.7. The molecule has 0 saturated carbocycles. The molecule has 0 bridgehead atoms. The van der Waals surface area contributed by atoms with Crippen LogP contribution in [-0.4, -0.2) is 25.0 Å². The van der Waals surface area contributed by atoms with Crippen LogP contribution in [0.5, 0.6) is 0 Å².